The average molecular weight is 245 g/mol. The lowest BCUT2D eigenvalue weighted by atomic mass is 10.0. The topological polar surface area (TPSA) is 12.9 Å². The quantitative estimate of drug-likeness (QED) is 0.626. The predicted octanol–water partition coefficient (Wildman–Crippen LogP) is 5.72. The van der Waals surface area contributed by atoms with Crippen molar-refractivity contribution < 1.29 is 0 Å². The highest BCUT2D eigenvalue weighted by Gasteiger charge is 2.00. The molecule has 1 aromatic heterocycles. The van der Waals surface area contributed by atoms with Crippen LogP contribution in [0.25, 0.3) is 10.8 Å². The highest BCUT2D eigenvalue weighted by atomic mass is 14.6. The van der Waals surface area contributed by atoms with Crippen molar-refractivity contribution >= 4 is 10.8 Å². The summed E-state index contributed by atoms with van der Waals surface area (Å²) in [6, 6.07) is 8.73. The Morgan fingerprint density at radius 3 is 2.06 bits per heavy atom. The first kappa shape index (κ1) is 16.6. The van der Waals surface area contributed by atoms with Gasteiger partial charge in [0, 0.05) is 17.3 Å². The zero-order valence-corrected chi connectivity index (χ0v) is 12.9. The second-order valence-corrected chi connectivity index (χ2v) is 4.09. The minimum atomic E-state index is 0.584. The standard InChI is InChI=1S/C13H15N.2C2H6/c1-9(2)11-4-5-12-6-10(3)14-8-13(12)7-11;2*1-2/h4-9H,1-3H3;2*1-2H3. The monoisotopic (exact) mass is 245 g/mol. The minimum absolute atomic E-state index is 0.584. The molecule has 1 aromatic carbocycles. The molecular formula is C17H27N. The molecule has 0 aliphatic heterocycles. The summed E-state index contributed by atoms with van der Waals surface area (Å²) in [7, 11) is 0. The van der Waals surface area contributed by atoms with Crippen LogP contribution < -0.4 is 0 Å². The fourth-order valence-electron chi connectivity index (χ4n) is 1.63. The fourth-order valence-corrected chi connectivity index (χ4v) is 1.63. The van der Waals surface area contributed by atoms with Gasteiger partial charge in [-0.25, -0.2) is 0 Å². The molecule has 0 spiro atoms. The number of hydrogen-bond donors (Lipinski definition) is 0. The molecule has 100 valence electrons. The van der Waals surface area contributed by atoms with E-state index < -0.39 is 0 Å². The van der Waals surface area contributed by atoms with Crippen molar-refractivity contribution in [2.24, 2.45) is 0 Å². The van der Waals surface area contributed by atoms with Gasteiger partial charge in [-0.3, -0.25) is 4.98 Å². The zero-order chi connectivity index (χ0) is 14.1. The van der Waals surface area contributed by atoms with Gasteiger partial charge in [0.15, 0.2) is 0 Å². The van der Waals surface area contributed by atoms with Gasteiger partial charge in [0.1, 0.15) is 0 Å². The Morgan fingerprint density at radius 1 is 0.889 bits per heavy atom. The van der Waals surface area contributed by atoms with Crippen LogP contribution in [0.5, 0.6) is 0 Å². The lowest BCUT2D eigenvalue weighted by Crippen LogP contribution is -1.88. The summed E-state index contributed by atoms with van der Waals surface area (Å²) in [5, 5.41) is 2.52. The van der Waals surface area contributed by atoms with E-state index in [4.69, 9.17) is 0 Å². The predicted molar refractivity (Wildman–Crippen MR) is 83.3 cm³/mol. The van der Waals surface area contributed by atoms with Crippen LogP contribution >= 0.6 is 0 Å². The number of aryl methyl sites for hydroxylation is 1. The second-order valence-electron chi connectivity index (χ2n) is 4.09. The Hall–Kier alpha value is -1.37. The van der Waals surface area contributed by atoms with Gasteiger partial charge in [-0.15, -0.1) is 0 Å². The molecule has 0 radical (unpaired) electrons. The lowest BCUT2D eigenvalue weighted by Gasteiger charge is -2.06. The van der Waals surface area contributed by atoms with E-state index in [1.165, 1.54) is 16.3 Å². The summed E-state index contributed by atoms with van der Waals surface area (Å²) in [4.78, 5) is 4.31. The van der Waals surface area contributed by atoms with Crippen LogP contribution in [-0.4, -0.2) is 4.98 Å². The maximum absolute atomic E-state index is 4.31. The van der Waals surface area contributed by atoms with Gasteiger partial charge in [0.05, 0.1) is 0 Å². The molecule has 2 rings (SSSR count). The van der Waals surface area contributed by atoms with Crippen LogP contribution in [0.15, 0.2) is 30.5 Å². The molecule has 1 heterocycles. The number of pyridine rings is 1. The molecule has 0 bridgehead atoms. The SMILES string of the molecule is CC.CC.Cc1cc2ccc(C(C)C)cc2cn1. The summed E-state index contributed by atoms with van der Waals surface area (Å²) in [5.41, 5.74) is 2.46. The molecule has 0 atom stereocenters. The fraction of sp³-hybridized carbons (Fsp3) is 0.471. The highest BCUT2D eigenvalue weighted by molar-refractivity contribution is 5.82. The first-order chi connectivity index (χ1) is 8.66. The third-order valence-electron chi connectivity index (χ3n) is 2.55. The maximum atomic E-state index is 4.31. The van der Waals surface area contributed by atoms with E-state index in [0.717, 1.165) is 5.69 Å². The van der Waals surface area contributed by atoms with Gasteiger partial charge in [0.25, 0.3) is 0 Å². The molecule has 1 heteroatoms. The average Bonchev–Trinajstić information content (AvgIpc) is 2.42. The van der Waals surface area contributed by atoms with Crippen molar-refractivity contribution in [2.45, 2.75) is 54.4 Å². The first-order valence-electron chi connectivity index (χ1n) is 7.03. The molecule has 1 nitrogen and oxygen atoms in total. The Morgan fingerprint density at radius 2 is 1.50 bits per heavy atom. The van der Waals surface area contributed by atoms with Gasteiger partial charge >= 0.3 is 0 Å². The van der Waals surface area contributed by atoms with Crippen molar-refractivity contribution in [3.05, 3.63) is 41.7 Å². The number of fused-ring (bicyclic) bond motifs is 1. The molecule has 18 heavy (non-hydrogen) atoms. The first-order valence-corrected chi connectivity index (χ1v) is 7.03. The Balaban J connectivity index is 0.000000659. The third kappa shape index (κ3) is 4.48. The van der Waals surface area contributed by atoms with Gasteiger partial charge in [0.2, 0.25) is 0 Å². The van der Waals surface area contributed by atoms with Crippen LogP contribution in [0, 0.1) is 6.92 Å². The molecule has 0 fully saturated rings. The molecule has 2 aromatic rings. The van der Waals surface area contributed by atoms with Crippen molar-refractivity contribution in [2.75, 3.05) is 0 Å². The molecule has 0 N–H and O–H groups in total. The number of hydrogen-bond acceptors (Lipinski definition) is 1. The molecule has 0 saturated carbocycles. The second kappa shape index (κ2) is 8.68. The smallest absolute Gasteiger partial charge is 0.0379 e. The van der Waals surface area contributed by atoms with Crippen LogP contribution in [0.4, 0.5) is 0 Å². The minimum Gasteiger partial charge on any atom is -0.261 e. The number of nitrogens with zero attached hydrogens (tertiary/aromatic N) is 1. The summed E-state index contributed by atoms with van der Waals surface area (Å²) < 4.78 is 0. The van der Waals surface area contributed by atoms with E-state index in [2.05, 4.69) is 43.1 Å². The Bertz CT molecular complexity index is 458. The van der Waals surface area contributed by atoms with Crippen LogP contribution in [0.3, 0.4) is 0 Å². The van der Waals surface area contributed by atoms with Crippen LogP contribution in [0.2, 0.25) is 0 Å². The number of aromatic nitrogens is 1. The van der Waals surface area contributed by atoms with E-state index in [-0.39, 0.29) is 0 Å². The van der Waals surface area contributed by atoms with Crippen LogP contribution in [0.1, 0.15) is 58.7 Å². The van der Waals surface area contributed by atoms with E-state index in [1.807, 2.05) is 40.8 Å². The van der Waals surface area contributed by atoms with E-state index in [0.29, 0.717) is 5.92 Å². The van der Waals surface area contributed by atoms with E-state index in [1.54, 1.807) is 0 Å². The molecule has 0 amide bonds. The summed E-state index contributed by atoms with van der Waals surface area (Å²) in [6.45, 7) is 14.4. The van der Waals surface area contributed by atoms with E-state index >= 15 is 0 Å². The highest BCUT2D eigenvalue weighted by Crippen LogP contribution is 2.20. The van der Waals surface area contributed by atoms with E-state index in [9.17, 15) is 0 Å². The Labute approximate surface area is 112 Å². The van der Waals surface area contributed by atoms with Crippen LogP contribution in [-0.2, 0) is 0 Å². The summed E-state index contributed by atoms with van der Waals surface area (Å²) in [5.74, 6) is 0.584. The molecule has 0 saturated heterocycles. The number of rotatable bonds is 1. The zero-order valence-electron chi connectivity index (χ0n) is 12.9. The van der Waals surface area contributed by atoms with Crippen molar-refractivity contribution in [1.29, 1.82) is 0 Å². The van der Waals surface area contributed by atoms with Gasteiger partial charge < -0.3 is 0 Å². The van der Waals surface area contributed by atoms with Gasteiger partial charge in [-0.05, 0) is 35.9 Å². The summed E-state index contributed by atoms with van der Waals surface area (Å²) in [6.07, 6.45) is 1.95. The largest absolute Gasteiger partial charge is 0.261 e. The molecular weight excluding hydrogens is 218 g/mol. The van der Waals surface area contributed by atoms with Gasteiger partial charge in [-0.2, -0.15) is 0 Å². The van der Waals surface area contributed by atoms with Crippen molar-refractivity contribution in [1.82, 2.24) is 4.98 Å². The lowest BCUT2D eigenvalue weighted by molar-refractivity contribution is 0.868. The Kier molecular flexibility index (Phi) is 8.02. The molecule has 0 aliphatic carbocycles. The maximum Gasteiger partial charge on any atom is 0.0379 e. The van der Waals surface area contributed by atoms with Crippen molar-refractivity contribution in [3.8, 4) is 0 Å². The normalized spacial score (nSPS) is 9.33. The van der Waals surface area contributed by atoms with Crippen molar-refractivity contribution in [3.63, 3.8) is 0 Å². The molecule has 0 aliphatic rings. The molecule has 0 unspecified atom stereocenters. The summed E-state index contributed by atoms with van der Waals surface area (Å²) >= 11 is 0. The third-order valence-corrected chi connectivity index (χ3v) is 2.55. The number of benzene rings is 1. The van der Waals surface area contributed by atoms with Gasteiger partial charge in [-0.1, -0.05) is 53.7 Å².